The largest absolute Gasteiger partial charge is 0.497 e. The van der Waals surface area contributed by atoms with E-state index in [-0.39, 0.29) is 5.63 Å². The van der Waals surface area contributed by atoms with Gasteiger partial charge in [0.1, 0.15) is 17.3 Å². The number of methoxy groups -OCH3 is 2. The van der Waals surface area contributed by atoms with E-state index in [0.717, 1.165) is 5.39 Å². The predicted octanol–water partition coefficient (Wildman–Crippen LogP) is 2.12. The maximum absolute atomic E-state index is 11.7. The Bertz CT molecular complexity index is 583. The summed E-state index contributed by atoms with van der Waals surface area (Å²) in [5.41, 5.74) is -0.382. The third-order valence-corrected chi connectivity index (χ3v) is 2.39. The Kier molecular flexibility index (Phi) is 2.56. The molecule has 0 bridgehead atoms. The molecule has 1 aromatic heterocycles. The molecule has 0 aliphatic rings. The smallest absolute Gasteiger partial charge is 0.344 e. The molecule has 0 N–H and O–H groups in total. The number of benzene rings is 1. The van der Waals surface area contributed by atoms with Crippen LogP contribution in [0, 0.1) is 6.92 Å². The van der Waals surface area contributed by atoms with Gasteiger partial charge in [-0.15, -0.1) is 0 Å². The minimum Gasteiger partial charge on any atom is -0.497 e. The zero-order valence-electron chi connectivity index (χ0n) is 9.37. The molecule has 4 nitrogen and oxygen atoms in total. The van der Waals surface area contributed by atoms with Crippen molar-refractivity contribution in [3.63, 3.8) is 0 Å². The van der Waals surface area contributed by atoms with Crippen molar-refractivity contribution in [3.05, 3.63) is 34.4 Å². The van der Waals surface area contributed by atoms with Gasteiger partial charge in [-0.2, -0.15) is 0 Å². The Morgan fingerprint density at radius 1 is 1.06 bits per heavy atom. The van der Waals surface area contributed by atoms with E-state index < -0.39 is 0 Å². The summed E-state index contributed by atoms with van der Waals surface area (Å²) in [5, 5.41) is 1.19. The van der Waals surface area contributed by atoms with Crippen LogP contribution in [0.1, 0.15) is 5.76 Å². The van der Waals surface area contributed by atoms with E-state index in [1.54, 1.807) is 32.2 Å². The average Bonchev–Trinajstić information content (AvgIpc) is 2.28. The quantitative estimate of drug-likeness (QED) is 0.777. The van der Waals surface area contributed by atoms with Crippen LogP contribution >= 0.6 is 0 Å². The van der Waals surface area contributed by atoms with Gasteiger partial charge < -0.3 is 13.9 Å². The number of ether oxygens (including phenoxy) is 2. The summed E-state index contributed by atoms with van der Waals surface area (Å²) in [7, 11) is 3.09. The molecule has 84 valence electrons. The van der Waals surface area contributed by atoms with Crippen LogP contribution in [0.5, 0.6) is 11.5 Å². The molecule has 16 heavy (non-hydrogen) atoms. The van der Waals surface area contributed by atoms with Crippen LogP contribution < -0.4 is 15.1 Å². The summed E-state index contributed by atoms with van der Waals surface area (Å²) in [6.45, 7) is 1.73. The standard InChI is InChI=1S/C12H12O4/c1-7-4-9-10(12(13)16-7)5-8(14-2)6-11(9)15-3/h4-6H,1-3H3. The fraction of sp³-hybridized carbons (Fsp3) is 0.250. The van der Waals surface area contributed by atoms with Gasteiger partial charge in [0.2, 0.25) is 0 Å². The molecule has 0 amide bonds. The van der Waals surface area contributed by atoms with Gasteiger partial charge in [0.25, 0.3) is 0 Å². The molecule has 0 saturated heterocycles. The van der Waals surface area contributed by atoms with E-state index in [1.807, 2.05) is 0 Å². The van der Waals surface area contributed by atoms with Gasteiger partial charge in [0, 0.05) is 11.5 Å². The van der Waals surface area contributed by atoms with Crippen LogP contribution in [0.4, 0.5) is 0 Å². The molecule has 1 heterocycles. The van der Waals surface area contributed by atoms with E-state index in [4.69, 9.17) is 13.9 Å². The monoisotopic (exact) mass is 220 g/mol. The summed E-state index contributed by atoms with van der Waals surface area (Å²) in [4.78, 5) is 11.7. The highest BCUT2D eigenvalue weighted by Crippen LogP contribution is 2.29. The molecule has 0 aliphatic carbocycles. The second kappa shape index (κ2) is 3.89. The molecule has 0 radical (unpaired) electrons. The number of aryl methyl sites for hydroxylation is 1. The minimum atomic E-state index is -0.382. The Labute approximate surface area is 92.4 Å². The average molecular weight is 220 g/mol. The number of rotatable bonds is 2. The molecular weight excluding hydrogens is 208 g/mol. The van der Waals surface area contributed by atoms with E-state index in [1.165, 1.54) is 7.11 Å². The zero-order valence-corrected chi connectivity index (χ0v) is 9.37. The van der Waals surface area contributed by atoms with Crippen LogP contribution in [0.25, 0.3) is 10.8 Å². The highest BCUT2D eigenvalue weighted by Gasteiger charge is 2.09. The predicted molar refractivity (Wildman–Crippen MR) is 60.3 cm³/mol. The minimum absolute atomic E-state index is 0.382. The molecule has 0 unspecified atom stereocenters. The lowest BCUT2D eigenvalue weighted by atomic mass is 10.1. The van der Waals surface area contributed by atoms with Crippen LogP contribution in [0.3, 0.4) is 0 Å². The van der Waals surface area contributed by atoms with Gasteiger partial charge in [-0.1, -0.05) is 0 Å². The lowest BCUT2D eigenvalue weighted by Crippen LogP contribution is -2.02. The van der Waals surface area contributed by atoms with Gasteiger partial charge in [-0.05, 0) is 19.1 Å². The van der Waals surface area contributed by atoms with Gasteiger partial charge in [0.05, 0.1) is 19.6 Å². The van der Waals surface area contributed by atoms with Gasteiger partial charge in [-0.25, -0.2) is 4.79 Å². The second-order valence-electron chi connectivity index (χ2n) is 3.44. The van der Waals surface area contributed by atoms with Crippen molar-refractivity contribution in [2.24, 2.45) is 0 Å². The summed E-state index contributed by atoms with van der Waals surface area (Å²) < 4.78 is 15.3. The maximum Gasteiger partial charge on any atom is 0.344 e. The zero-order chi connectivity index (χ0) is 11.7. The van der Waals surface area contributed by atoms with Crippen molar-refractivity contribution in [3.8, 4) is 11.5 Å². The van der Waals surface area contributed by atoms with Crippen molar-refractivity contribution in [1.82, 2.24) is 0 Å². The highest BCUT2D eigenvalue weighted by molar-refractivity contribution is 5.88. The lowest BCUT2D eigenvalue weighted by Gasteiger charge is -2.08. The molecule has 2 rings (SSSR count). The second-order valence-corrected chi connectivity index (χ2v) is 3.44. The van der Waals surface area contributed by atoms with Crippen molar-refractivity contribution in [2.75, 3.05) is 14.2 Å². The first-order valence-corrected chi connectivity index (χ1v) is 4.82. The molecule has 0 saturated carbocycles. The molecule has 2 aromatic rings. The summed E-state index contributed by atoms with van der Waals surface area (Å²) in [6.07, 6.45) is 0. The van der Waals surface area contributed by atoms with Crippen molar-refractivity contribution in [1.29, 1.82) is 0 Å². The van der Waals surface area contributed by atoms with E-state index in [0.29, 0.717) is 22.6 Å². The van der Waals surface area contributed by atoms with Gasteiger partial charge in [0.15, 0.2) is 0 Å². The summed E-state index contributed by atoms with van der Waals surface area (Å²) >= 11 is 0. The Balaban J connectivity index is 2.89. The maximum atomic E-state index is 11.7. The molecule has 4 heteroatoms. The van der Waals surface area contributed by atoms with Crippen LogP contribution in [0.15, 0.2) is 27.4 Å². The Hall–Kier alpha value is -1.97. The highest BCUT2D eigenvalue weighted by atomic mass is 16.5. The molecule has 0 fully saturated rings. The topological polar surface area (TPSA) is 48.7 Å². The van der Waals surface area contributed by atoms with Crippen molar-refractivity contribution in [2.45, 2.75) is 6.92 Å². The summed E-state index contributed by atoms with van der Waals surface area (Å²) in [5.74, 6) is 1.73. The van der Waals surface area contributed by atoms with Crippen molar-refractivity contribution < 1.29 is 13.9 Å². The van der Waals surface area contributed by atoms with Crippen LogP contribution in [0.2, 0.25) is 0 Å². The molecular formula is C12H12O4. The molecule has 0 atom stereocenters. The van der Waals surface area contributed by atoms with Gasteiger partial charge in [-0.3, -0.25) is 0 Å². The van der Waals surface area contributed by atoms with E-state index in [9.17, 15) is 4.79 Å². The molecule has 0 aliphatic heterocycles. The normalized spacial score (nSPS) is 10.4. The SMILES string of the molecule is COc1cc(OC)c2cc(C)oc(=O)c2c1. The van der Waals surface area contributed by atoms with E-state index >= 15 is 0 Å². The molecule has 1 aromatic carbocycles. The van der Waals surface area contributed by atoms with Crippen molar-refractivity contribution >= 4 is 10.8 Å². The number of hydrogen-bond acceptors (Lipinski definition) is 4. The summed E-state index contributed by atoms with van der Waals surface area (Å²) in [6, 6.07) is 5.15. The third kappa shape index (κ3) is 1.62. The molecule has 0 spiro atoms. The first-order chi connectivity index (χ1) is 7.65. The number of fused-ring (bicyclic) bond motifs is 1. The van der Waals surface area contributed by atoms with Crippen LogP contribution in [-0.4, -0.2) is 14.2 Å². The lowest BCUT2D eigenvalue weighted by molar-refractivity contribution is 0.397. The first-order valence-electron chi connectivity index (χ1n) is 4.82. The van der Waals surface area contributed by atoms with Gasteiger partial charge >= 0.3 is 5.63 Å². The fourth-order valence-electron chi connectivity index (χ4n) is 1.64. The fourth-order valence-corrected chi connectivity index (χ4v) is 1.64. The first kappa shape index (κ1) is 10.5. The Morgan fingerprint density at radius 2 is 1.81 bits per heavy atom. The van der Waals surface area contributed by atoms with Crippen LogP contribution in [-0.2, 0) is 0 Å². The third-order valence-electron chi connectivity index (χ3n) is 2.39. The number of hydrogen-bond donors (Lipinski definition) is 0. The van der Waals surface area contributed by atoms with E-state index in [2.05, 4.69) is 0 Å². The Morgan fingerprint density at radius 3 is 2.44 bits per heavy atom.